The van der Waals surface area contributed by atoms with Crippen molar-refractivity contribution in [2.75, 3.05) is 5.75 Å². The van der Waals surface area contributed by atoms with Crippen LogP contribution in [-0.2, 0) is 18.7 Å². The van der Waals surface area contributed by atoms with Crippen molar-refractivity contribution in [3.05, 3.63) is 57.5 Å². The molecular weight excluding hydrogens is 355 g/mol. The summed E-state index contributed by atoms with van der Waals surface area (Å²) in [4.78, 5) is 13.3. The Morgan fingerprint density at radius 3 is 2.56 bits per heavy atom. The fraction of sp³-hybridized carbons (Fsp3) is 0.474. The summed E-state index contributed by atoms with van der Waals surface area (Å²) in [6, 6.07) is 8.42. The minimum absolute atomic E-state index is 0.0135. The van der Waals surface area contributed by atoms with Crippen molar-refractivity contribution in [1.82, 2.24) is 9.78 Å². The Morgan fingerprint density at radius 1 is 1.16 bits per heavy atom. The minimum atomic E-state index is 0.0135. The fourth-order valence-corrected chi connectivity index (χ4v) is 3.67. The molecule has 0 aliphatic carbocycles. The molecule has 1 aromatic carbocycles. The maximum Gasteiger partial charge on any atom is 0.270 e. The average Bonchev–Trinajstić information content (AvgIpc) is 2.63. The number of halogens is 1. The van der Waals surface area contributed by atoms with E-state index in [9.17, 15) is 8.68 Å². The molecule has 0 aliphatic heterocycles. The van der Waals surface area contributed by atoms with Crippen molar-refractivity contribution in [3.63, 3.8) is 0 Å². The zero-order chi connectivity index (χ0) is 18.1. The highest BCUT2D eigenvalue weighted by molar-refractivity contribution is 7.98. The average molecular weight is 381 g/mol. The zero-order valence-corrected chi connectivity index (χ0v) is 16.5. The van der Waals surface area contributed by atoms with Gasteiger partial charge in [0.15, 0.2) is 0 Å². The molecule has 3 nitrogen and oxygen atoms in total. The summed E-state index contributed by atoms with van der Waals surface area (Å²) in [5.74, 6) is 1.36. The van der Waals surface area contributed by atoms with Gasteiger partial charge in [-0.1, -0.05) is 37.6 Å². The summed E-state index contributed by atoms with van der Waals surface area (Å²) in [6.07, 6.45) is 5.58. The zero-order valence-electron chi connectivity index (χ0n) is 14.8. The van der Waals surface area contributed by atoms with Crippen LogP contribution in [0.15, 0.2) is 40.2 Å². The molecule has 6 heteroatoms. The third kappa shape index (κ3) is 6.19. The Balaban J connectivity index is 1.94. The summed E-state index contributed by atoms with van der Waals surface area (Å²) in [5.41, 5.74) is 3.23. The lowest BCUT2D eigenvalue weighted by Crippen LogP contribution is -2.25. The number of thioether (sulfide) groups is 1. The second-order valence-electron chi connectivity index (χ2n) is 6.04. The van der Waals surface area contributed by atoms with Gasteiger partial charge >= 0.3 is 0 Å². The number of aromatic nitrogens is 2. The second-order valence-corrected chi connectivity index (χ2v) is 7.68. The van der Waals surface area contributed by atoms with E-state index in [1.54, 1.807) is 22.6 Å². The van der Waals surface area contributed by atoms with Crippen LogP contribution in [0.5, 0.6) is 0 Å². The molecule has 136 valence electrons. The summed E-state index contributed by atoms with van der Waals surface area (Å²) >= 11 is 2.05. The van der Waals surface area contributed by atoms with Gasteiger partial charge in [-0.2, -0.15) is 8.98 Å². The first-order valence-corrected chi connectivity index (χ1v) is 10.5. The lowest BCUT2D eigenvalue weighted by atomic mass is 10.1. The van der Waals surface area contributed by atoms with E-state index < -0.39 is 0 Å². The molecule has 0 aliphatic rings. The molecule has 2 aromatic rings. The molecule has 2 rings (SSSR count). The normalized spacial score (nSPS) is 11.0. The van der Waals surface area contributed by atoms with E-state index >= 15 is 0 Å². The van der Waals surface area contributed by atoms with E-state index in [0.29, 0.717) is 24.4 Å². The maximum absolute atomic E-state index is 12.3. The lowest BCUT2D eigenvalue weighted by Gasteiger charge is -2.09. The molecule has 0 amide bonds. The quantitative estimate of drug-likeness (QED) is 0.419. The van der Waals surface area contributed by atoms with Gasteiger partial charge in [-0.05, 0) is 37.3 Å². The molecular formula is C19H25FN2OS2. The lowest BCUT2D eigenvalue weighted by molar-refractivity contribution is 0.535. The van der Waals surface area contributed by atoms with Crippen LogP contribution in [0.25, 0.3) is 0 Å². The van der Waals surface area contributed by atoms with Gasteiger partial charge in [-0.25, -0.2) is 4.68 Å². The van der Waals surface area contributed by atoms with Crippen molar-refractivity contribution in [1.29, 1.82) is 0 Å². The Morgan fingerprint density at radius 2 is 1.88 bits per heavy atom. The molecule has 25 heavy (non-hydrogen) atoms. The van der Waals surface area contributed by atoms with Gasteiger partial charge in [0.25, 0.3) is 5.56 Å². The predicted molar refractivity (Wildman–Crippen MR) is 106 cm³/mol. The molecule has 0 saturated heterocycles. The van der Waals surface area contributed by atoms with E-state index in [4.69, 9.17) is 0 Å². The Hall–Kier alpha value is -1.27. The number of aryl methyl sites for hydroxylation is 2. The van der Waals surface area contributed by atoms with Gasteiger partial charge in [0.05, 0.1) is 6.20 Å². The molecule has 0 unspecified atom stereocenters. The standard InChI is InChI=1S/C19H25FN2OS2/c1-3-4-11-22-19(23)15(2)18(13-21-22)24-14-17-9-7-16(8-10-17)6-5-12-25-20/h7-10,13H,3-6,11-12,14H2,1-2H3. The van der Waals surface area contributed by atoms with Crippen LogP contribution >= 0.6 is 23.9 Å². The predicted octanol–water partition coefficient (Wildman–Crippen LogP) is 5.19. The van der Waals surface area contributed by atoms with Crippen LogP contribution in [0, 0.1) is 6.92 Å². The Kier molecular flexibility index (Phi) is 8.55. The first kappa shape index (κ1) is 20.0. The summed E-state index contributed by atoms with van der Waals surface area (Å²) in [5, 5.41) is 4.30. The van der Waals surface area contributed by atoms with Gasteiger partial charge in [-0.15, -0.1) is 11.8 Å². The highest BCUT2D eigenvalue weighted by Crippen LogP contribution is 2.24. The first-order chi connectivity index (χ1) is 12.2. The third-order valence-electron chi connectivity index (χ3n) is 4.07. The topological polar surface area (TPSA) is 34.9 Å². The number of nitrogens with zero attached hydrogens (tertiary/aromatic N) is 2. The number of hydrogen-bond donors (Lipinski definition) is 0. The number of rotatable bonds is 10. The maximum atomic E-state index is 12.3. The van der Waals surface area contributed by atoms with Crippen molar-refractivity contribution >= 4 is 23.9 Å². The SMILES string of the molecule is CCCCn1ncc(SCc2ccc(CCCSF)cc2)c(C)c1=O. The second kappa shape index (κ2) is 10.7. The number of benzene rings is 1. The van der Waals surface area contributed by atoms with Crippen LogP contribution in [0.1, 0.15) is 42.9 Å². The van der Waals surface area contributed by atoms with E-state index in [1.807, 2.05) is 6.92 Å². The third-order valence-corrected chi connectivity index (χ3v) is 5.71. The van der Waals surface area contributed by atoms with Crippen LogP contribution in [0.2, 0.25) is 0 Å². The molecule has 0 atom stereocenters. The van der Waals surface area contributed by atoms with E-state index in [2.05, 4.69) is 36.3 Å². The molecule has 0 spiro atoms. The van der Waals surface area contributed by atoms with Crippen molar-refractivity contribution in [2.24, 2.45) is 0 Å². The van der Waals surface area contributed by atoms with Crippen molar-refractivity contribution in [3.8, 4) is 0 Å². The monoisotopic (exact) mass is 380 g/mol. The van der Waals surface area contributed by atoms with Gasteiger partial charge in [0.1, 0.15) is 0 Å². The van der Waals surface area contributed by atoms with Crippen molar-refractivity contribution in [2.45, 2.75) is 56.7 Å². The minimum Gasteiger partial charge on any atom is -0.267 e. The summed E-state index contributed by atoms with van der Waals surface area (Å²) in [6.45, 7) is 4.66. The molecule has 0 saturated carbocycles. The molecule has 0 fully saturated rings. The van der Waals surface area contributed by atoms with E-state index in [-0.39, 0.29) is 5.56 Å². The van der Waals surface area contributed by atoms with Gasteiger partial charge in [0, 0.05) is 40.7 Å². The van der Waals surface area contributed by atoms with Gasteiger partial charge in [0.2, 0.25) is 0 Å². The Labute approximate surface area is 157 Å². The molecule has 0 bridgehead atoms. The first-order valence-electron chi connectivity index (χ1n) is 8.66. The molecule has 1 aromatic heterocycles. The van der Waals surface area contributed by atoms with Crippen LogP contribution in [-0.4, -0.2) is 15.5 Å². The summed E-state index contributed by atoms with van der Waals surface area (Å²) < 4.78 is 13.6. The highest BCUT2D eigenvalue weighted by Gasteiger charge is 2.08. The molecule has 0 radical (unpaired) electrons. The smallest absolute Gasteiger partial charge is 0.267 e. The number of hydrogen-bond acceptors (Lipinski definition) is 4. The van der Waals surface area contributed by atoms with Crippen molar-refractivity contribution < 1.29 is 3.89 Å². The van der Waals surface area contributed by atoms with Crippen LogP contribution in [0.3, 0.4) is 0 Å². The van der Waals surface area contributed by atoms with E-state index in [0.717, 1.165) is 41.9 Å². The molecule has 1 heterocycles. The highest BCUT2D eigenvalue weighted by atomic mass is 32.2. The largest absolute Gasteiger partial charge is 0.270 e. The fourth-order valence-electron chi connectivity index (χ4n) is 2.48. The number of unbranched alkanes of at least 4 members (excludes halogenated alkanes) is 1. The van der Waals surface area contributed by atoms with E-state index in [1.165, 1.54) is 11.1 Å². The van der Waals surface area contributed by atoms with Crippen LogP contribution in [0.4, 0.5) is 3.89 Å². The summed E-state index contributed by atoms with van der Waals surface area (Å²) in [7, 11) is 0. The Bertz CT molecular complexity index is 716. The van der Waals surface area contributed by atoms with Gasteiger partial charge in [-0.3, -0.25) is 4.79 Å². The van der Waals surface area contributed by atoms with Gasteiger partial charge < -0.3 is 0 Å². The molecule has 0 N–H and O–H groups in total. The van der Waals surface area contributed by atoms with Crippen LogP contribution < -0.4 is 5.56 Å².